The number of para-hydroxylation sites is 3. The van der Waals surface area contributed by atoms with E-state index in [1.54, 1.807) is 0 Å². The molecule has 9 aromatic carbocycles. The average molecular weight is 792 g/mol. The predicted molar refractivity (Wildman–Crippen MR) is 245 cm³/mol. The van der Waals surface area contributed by atoms with Gasteiger partial charge >= 0.3 is 0 Å². The molecule has 0 bridgehead atoms. The van der Waals surface area contributed by atoms with Crippen LogP contribution in [0.5, 0.6) is 0 Å². The third kappa shape index (κ3) is 5.70. The predicted octanol–water partition coefficient (Wildman–Crippen LogP) is 15.3. The van der Waals surface area contributed by atoms with E-state index in [0.717, 1.165) is 21.4 Å². The molecule has 2 heterocycles. The highest BCUT2D eigenvalue weighted by Gasteiger charge is 2.18. The van der Waals surface area contributed by atoms with Gasteiger partial charge in [0.25, 0.3) is 0 Å². The van der Waals surface area contributed by atoms with Crippen LogP contribution in [0, 0.1) is 0 Å². The third-order valence-corrected chi connectivity index (χ3v) is 12.0. The molecule has 0 fully saturated rings. The van der Waals surface area contributed by atoms with E-state index in [2.05, 4.69) is 237 Å². The van der Waals surface area contributed by atoms with Gasteiger partial charge in [-0.25, -0.2) is 0 Å². The second-order valence-electron chi connectivity index (χ2n) is 14.7. The first-order valence-electron chi connectivity index (χ1n) is 19.4. The zero-order valence-electron chi connectivity index (χ0n) is 31.0. The van der Waals surface area contributed by atoms with E-state index in [1.165, 1.54) is 82.6 Å². The molecular formula is C54H35BrN2. The second kappa shape index (κ2) is 13.7. The lowest BCUT2D eigenvalue weighted by atomic mass is 9.92. The molecule has 11 aromatic rings. The van der Waals surface area contributed by atoms with E-state index in [-0.39, 0.29) is 0 Å². The molecule has 268 valence electrons. The Hall–Kier alpha value is -6.94. The van der Waals surface area contributed by atoms with Gasteiger partial charge in [-0.1, -0.05) is 137 Å². The fourth-order valence-corrected chi connectivity index (χ4v) is 9.20. The van der Waals surface area contributed by atoms with Crippen molar-refractivity contribution in [1.82, 2.24) is 9.13 Å². The summed E-state index contributed by atoms with van der Waals surface area (Å²) in [5.41, 5.74) is 16.6. The summed E-state index contributed by atoms with van der Waals surface area (Å²) < 4.78 is 5.85. The Labute approximate surface area is 339 Å². The molecule has 0 radical (unpaired) electrons. The van der Waals surface area contributed by atoms with Gasteiger partial charge in [0.1, 0.15) is 0 Å². The van der Waals surface area contributed by atoms with Crippen LogP contribution in [0.25, 0.3) is 99.5 Å². The number of hydrogen-bond donors (Lipinski definition) is 0. The molecule has 57 heavy (non-hydrogen) atoms. The highest BCUT2D eigenvalue weighted by atomic mass is 79.9. The summed E-state index contributed by atoms with van der Waals surface area (Å²) in [4.78, 5) is 0. The van der Waals surface area contributed by atoms with Crippen LogP contribution in [0.3, 0.4) is 0 Å². The molecule has 0 atom stereocenters. The maximum absolute atomic E-state index is 3.88. The largest absolute Gasteiger partial charge is 0.309 e. The first kappa shape index (κ1) is 33.4. The van der Waals surface area contributed by atoms with Gasteiger partial charge in [0, 0.05) is 37.4 Å². The molecule has 0 aliphatic heterocycles. The van der Waals surface area contributed by atoms with Crippen LogP contribution in [-0.2, 0) is 0 Å². The van der Waals surface area contributed by atoms with Crippen molar-refractivity contribution < 1.29 is 0 Å². The summed E-state index contributed by atoms with van der Waals surface area (Å²) in [6.45, 7) is 0. The third-order valence-electron chi connectivity index (χ3n) is 11.4. The molecular weight excluding hydrogens is 757 g/mol. The molecule has 2 aromatic heterocycles. The van der Waals surface area contributed by atoms with E-state index < -0.39 is 0 Å². The summed E-state index contributed by atoms with van der Waals surface area (Å²) >= 11 is 3.88. The molecule has 0 aliphatic carbocycles. The Bertz CT molecular complexity index is 3280. The number of aromatic nitrogens is 2. The van der Waals surface area contributed by atoms with Gasteiger partial charge < -0.3 is 9.13 Å². The van der Waals surface area contributed by atoms with Crippen LogP contribution in [0.15, 0.2) is 217 Å². The number of nitrogens with zero attached hydrogens (tertiary/aromatic N) is 2. The lowest BCUT2D eigenvalue weighted by Gasteiger charge is -2.13. The topological polar surface area (TPSA) is 9.86 Å². The van der Waals surface area contributed by atoms with Gasteiger partial charge in [-0.15, -0.1) is 0 Å². The SMILES string of the molecule is Brc1ccccc1-c1cc(-c2ccc3c(c2)c2ccccc2n3-c2ccccc2)cc(-c2ccc3c(c2)c2cc(-c4ccccc4)ccc2n3-c2ccccc2)c1. The zero-order chi connectivity index (χ0) is 37.9. The van der Waals surface area contributed by atoms with E-state index in [9.17, 15) is 0 Å². The van der Waals surface area contributed by atoms with Gasteiger partial charge in [-0.2, -0.15) is 0 Å². The Kier molecular flexibility index (Phi) is 8.01. The molecule has 0 N–H and O–H groups in total. The maximum atomic E-state index is 3.88. The molecule has 0 spiro atoms. The molecule has 0 saturated carbocycles. The fourth-order valence-electron chi connectivity index (χ4n) is 8.69. The summed E-state index contributed by atoms with van der Waals surface area (Å²) in [5, 5.41) is 4.95. The van der Waals surface area contributed by atoms with E-state index in [0.29, 0.717) is 0 Å². The normalized spacial score (nSPS) is 11.6. The second-order valence-corrected chi connectivity index (χ2v) is 15.6. The standard InChI is InChI=1S/C54H35BrN2/c55-50-22-12-10-20-45(50)42-31-40(38-25-28-52-47(34-38)46-21-11-13-23-51(46)56(52)43-16-6-2-7-17-43)30-41(32-42)39-26-29-54-49(35-39)48-33-37(36-14-4-1-5-15-36)24-27-53(48)57(54)44-18-8-3-9-19-44/h1-35H. The number of hydrogen-bond acceptors (Lipinski definition) is 0. The molecule has 0 unspecified atom stereocenters. The summed E-state index contributed by atoms with van der Waals surface area (Å²) in [6, 6.07) is 77.2. The first-order valence-corrected chi connectivity index (χ1v) is 20.2. The Morgan fingerprint density at radius 1 is 0.263 bits per heavy atom. The number of rotatable bonds is 6. The van der Waals surface area contributed by atoms with Gasteiger partial charge in [-0.3, -0.25) is 0 Å². The van der Waals surface area contributed by atoms with Crippen LogP contribution in [0.1, 0.15) is 0 Å². The lowest BCUT2D eigenvalue weighted by molar-refractivity contribution is 1.18. The lowest BCUT2D eigenvalue weighted by Crippen LogP contribution is -1.93. The van der Waals surface area contributed by atoms with Crippen molar-refractivity contribution in [2.24, 2.45) is 0 Å². The van der Waals surface area contributed by atoms with E-state index >= 15 is 0 Å². The van der Waals surface area contributed by atoms with Crippen molar-refractivity contribution in [2.45, 2.75) is 0 Å². The fraction of sp³-hybridized carbons (Fsp3) is 0. The van der Waals surface area contributed by atoms with Gasteiger partial charge in [-0.05, 0) is 136 Å². The average Bonchev–Trinajstić information content (AvgIpc) is 3.79. The smallest absolute Gasteiger partial charge is 0.0541 e. The highest BCUT2D eigenvalue weighted by Crippen LogP contribution is 2.41. The minimum absolute atomic E-state index is 1.07. The first-order chi connectivity index (χ1) is 28.2. The molecule has 0 aliphatic rings. The van der Waals surface area contributed by atoms with Crippen molar-refractivity contribution >= 4 is 59.5 Å². The molecule has 0 amide bonds. The van der Waals surface area contributed by atoms with Crippen molar-refractivity contribution in [1.29, 1.82) is 0 Å². The van der Waals surface area contributed by atoms with Gasteiger partial charge in [0.15, 0.2) is 0 Å². The Morgan fingerprint density at radius 2 is 0.667 bits per heavy atom. The minimum atomic E-state index is 1.07. The van der Waals surface area contributed by atoms with Crippen LogP contribution in [0.2, 0.25) is 0 Å². The number of benzene rings is 9. The maximum Gasteiger partial charge on any atom is 0.0541 e. The summed E-state index contributed by atoms with van der Waals surface area (Å²) in [6.07, 6.45) is 0. The molecule has 2 nitrogen and oxygen atoms in total. The quantitative estimate of drug-likeness (QED) is 0.159. The number of fused-ring (bicyclic) bond motifs is 6. The van der Waals surface area contributed by atoms with E-state index in [4.69, 9.17) is 0 Å². The highest BCUT2D eigenvalue weighted by molar-refractivity contribution is 9.10. The molecule has 0 saturated heterocycles. The van der Waals surface area contributed by atoms with Crippen molar-refractivity contribution in [3.05, 3.63) is 217 Å². The zero-order valence-corrected chi connectivity index (χ0v) is 32.6. The van der Waals surface area contributed by atoms with Gasteiger partial charge in [0.05, 0.1) is 22.1 Å². The Balaban J connectivity index is 1.13. The Morgan fingerprint density at radius 3 is 1.21 bits per heavy atom. The van der Waals surface area contributed by atoms with Crippen LogP contribution in [0.4, 0.5) is 0 Å². The summed E-state index contributed by atoms with van der Waals surface area (Å²) in [5.74, 6) is 0. The van der Waals surface area contributed by atoms with E-state index in [1.807, 2.05) is 0 Å². The molecule has 11 rings (SSSR count). The minimum Gasteiger partial charge on any atom is -0.309 e. The van der Waals surface area contributed by atoms with Crippen molar-refractivity contribution in [3.63, 3.8) is 0 Å². The molecule has 3 heteroatoms. The van der Waals surface area contributed by atoms with Crippen molar-refractivity contribution in [2.75, 3.05) is 0 Å². The van der Waals surface area contributed by atoms with Crippen LogP contribution >= 0.6 is 15.9 Å². The van der Waals surface area contributed by atoms with Crippen LogP contribution in [-0.4, -0.2) is 9.13 Å². The number of halogens is 1. The van der Waals surface area contributed by atoms with Gasteiger partial charge in [0.2, 0.25) is 0 Å². The van der Waals surface area contributed by atoms with Crippen molar-refractivity contribution in [3.8, 4) is 55.9 Å². The monoisotopic (exact) mass is 790 g/mol. The van der Waals surface area contributed by atoms with Crippen LogP contribution < -0.4 is 0 Å². The summed E-state index contributed by atoms with van der Waals surface area (Å²) in [7, 11) is 0.